The first kappa shape index (κ1) is 31.8. The Morgan fingerprint density at radius 2 is 1.71 bits per heavy atom. The molecule has 1 N–H and O–H groups in total. The summed E-state index contributed by atoms with van der Waals surface area (Å²) in [6.07, 6.45) is 2.83. The van der Waals surface area contributed by atoms with Gasteiger partial charge in [-0.1, -0.05) is 61.5 Å². The number of imidazole rings is 2. The van der Waals surface area contributed by atoms with Crippen molar-refractivity contribution in [2.24, 2.45) is 7.05 Å². The van der Waals surface area contributed by atoms with Gasteiger partial charge in [-0.2, -0.15) is 5.06 Å². The maximum atomic E-state index is 13.4. The van der Waals surface area contributed by atoms with Crippen LogP contribution in [0.4, 0.5) is 0 Å². The van der Waals surface area contributed by atoms with Gasteiger partial charge in [-0.05, 0) is 86.2 Å². The van der Waals surface area contributed by atoms with Crippen LogP contribution in [-0.2, 0) is 24.8 Å². The van der Waals surface area contributed by atoms with Crippen LogP contribution in [0.25, 0.3) is 44.6 Å². The number of aryl methyl sites for hydroxylation is 3. The molecule has 0 saturated carbocycles. The highest BCUT2D eigenvalue weighted by molar-refractivity contribution is 5.97. The normalized spacial score (nSPS) is 16.5. The maximum Gasteiger partial charge on any atom is 0.339 e. The third-order valence-electron chi connectivity index (χ3n) is 9.76. The van der Waals surface area contributed by atoms with Crippen LogP contribution in [0.2, 0.25) is 0 Å². The Balaban J connectivity index is 1.18. The van der Waals surface area contributed by atoms with E-state index < -0.39 is 5.54 Å². The fourth-order valence-corrected chi connectivity index (χ4v) is 7.10. The Bertz CT molecular complexity index is 2130. The summed E-state index contributed by atoms with van der Waals surface area (Å²) in [6.45, 7) is 9.40. The highest BCUT2D eigenvalue weighted by Gasteiger charge is 2.36. The lowest BCUT2D eigenvalue weighted by molar-refractivity contribution is -0.194. The number of rotatable bonds is 8. The lowest BCUT2D eigenvalue weighted by Gasteiger charge is -2.41. The van der Waals surface area contributed by atoms with Gasteiger partial charge in [0.25, 0.3) is 0 Å². The fraction of sp³-hybridized carbons (Fsp3) is 0.325. The van der Waals surface area contributed by atoms with Gasteiger partial charge in [0, 0.05) is 44.1 Å². The number of carbonyl (C=O) groups is 1. The largest absolute Gasteiger partial charge is 0.459 e. The number of esters is 1. The van der Waals surface area contributed by atoms with E-state index >= 15 is 0 Å². The summed E-state index contributed by atoms with van der Waals surface area (Å²) in [5, 5.41) is 11.5. The van der Waals surface area contributed by atoms with Crippen molar-refractivity contribution in [3.8, 4) is 22.5 Å². The summed E-state index contributed by atoms with van der Waals surface area (Å²) in [7, 11) is 2.07. The van der Waals surface area contributed by atoms with Crippen molar-refractivity contribution >= 4 is 28.0 Å². The molecule has 1 saturated heterocycles. The quantitative estimate of drug-likeness (QED) is 0.168. The molecule has 1 fully saturated rings. The van der Waals surface area contributed by atoms with Gasteiger partial charge in [0.1, 0.15) is 17.8 Å². The molecule has 0 aliphatic carbocycles. The summed E-state index contributed by atoms with van der Waals surface area (Å²) in [6, 6.07) is 28.7. The van der Waals surface area contributed by atoms with Crippen LogP contribution < -0.4 is 0 Å². The van der Waals surface area contributed by atoms with Gasteiger partial charge in [0.15, 0.2) is 0 Å². The number of nitrogens with zero attached hydrogens (tertiary/aromatic N) is 5. The number of fused-ring (bicyclic) bond motifs is 2. The number of piperidine rings is 1. The zero-order valence-electron chi connectivity index (χ0n) is 28.4. The Labute approximate surface area is 281 Å². The topological polar surface area (TPSA) is 85.4 Å². The maximum absolute atomic E-state index is 13.4. The van der Waals surface area contributed by atoms with E-state index in [0.717, 1.165) is 74.4 Å². The molecule has 0 radical (unpaired) electrons. The van der Waals surface area contributed by atoms with Crippen LogP contribution in [0.1, 0.15) is 67.3 Å². The molecular formula is C40H43N5O3. The van der Waals surface area contributed by atoms with E-state index in [4.69, 9.17) is 14.7 Å². The predicted molar refractivity (Wildman–Crippen MR) is 190 cm³/mol. The van der Waals surface area contributed by atoms with Crippen molar-refractivity contribution < 1.29 is 14.7 Å². The monoisotopic (exact) mass is 641 g/mol. The molecule has 7 rings (SSSR count). The molecule has 4 aromatic carbocycles. The van der Waals surface area contributed by atoms with Crippen LogP contribution in [-0.4, -0.2) is 53.5 Å². The molecule has 1 atom stereocenters. The highest BCUT2D eigenvalue weighted by Crippen LogP contribution is 2.32. The second-order valence-corrected chi connectivity index (χ2v) is 13.7. The molecule has 3 heterocycles. The summed E-state index contributed by atoms with van der Waals surface area (Å²) in [5.74, 6) is 1.68. The average molecular weight is 642 g/mol. The van der Waals surface area contributed by atoms with Crippen molar-refractivity contribution in [1.29, 1.82) is 0 Å². The van der Waals surface area contributed by atoms with Gasteiger partial charge in [-0.25, -0.2) is 14.8 Å². The molecule has 1 aliphatic rings. The number of aromatic nitrogens is 4. The molecule has 0 bridgehead atoms. The number of hydroxylamine groups is 2. The van der Waals surface area contributed by atoms with Crippen molar-refractivity contribution in [3.05, 3.63) is 107 Å². The zero-order valence-corrected chi connectivity index (χ0v) is 28.4. The highest BCUT2D eigenvalue weighted by atomic mass is 16.5. The van der Waals surface area contributed by atoms with Gasteiger partial charge >= 0.3 is 5.97 Å². The van der Waals surface area contributed by atoms with Crippen molar-refractivity contribution in [3.63, 3.8) is 0 Å². The molecule has 0 spiro atoms. The van der Waals surface area contributed by atoms with E-state index in [9.17, 15) is 10.0 Å². The first-order chi connectivity index (χ1) is 23.1. The molecule has 8 nitrogen and oxygen atoms in total. The zero-order chi connectivity index (χ0) is 33.6. The number of ether oxygens (including phenoxy) is 1. The van der Waals surface area contributed by atoms with E-state index in [1.165, 1.54) is 5.06 Å². The molecule has 6 aromatic rings. The minimum atomic E-state index is -0.441. The molecule has 0 amide bonds. The number of hydrogen-bond donors (Lipinski definition) is 1. The van der Waals surface area contributed by atoms with E-state index in [1.54, 1.807) is 0 Å². The molecule has 2 aromatic heterocycles. The van der Waals surface area contributed by atoms with Gasteiger partial charge in [-0.15, -0.1) is 0 Å². The van der Waals surface area contributed by atoms with Crippen LogP contribution in [0, 0.1) is 6.92 Å². The van der Waals surface area contributed by atoms with Crippen LogP contribution in [0.5, 0.6) is 0 Å². The Kier molecular flexibility index (Phi) is 8.39. The van der Waals surface area contributed by atoms with Crippen LogP contribution in [0.3, 0.4) is 0 Å². The summed E-state index contributed by atoms with van der Waals surface area (Å²) < 4.78 is 10.5. The van der Waals surface area contributed by atoms with Gasteiger partial charge in [0.2, 0.25) is 0 Å². The molecule has 48 heavy (non-hydrogen) atoms. The minimum absolute atomic E-state index is 0.241. The Morgan fingerprint density at radius 1 is 0.958 bits per heavy atom. The number of benzene rings is 4. The first-order valence-electron chi connectivity index (χ1n) is 16.9. The van der Waals surface area contributed by atoms with Crippen LogP contribution in [0.15, 0.2) is 84.9 Å². The van der Waals surface area contributed by atoms with Crippen LogP contribution >= 0.6 is 0 Å². The average Bonchev–Trinajstić information content (AvgIpc) is 3.60. The lowest BCUT2D eigenvalue weighted by atomic mass is 9.90. The second-order valence-electron chi connectivity index (χ2n) is 13.7. The van der Waals surface area contributed by atoms with E-state index in [2.05, 4.69) is 78.6 Å². The second kappa shape index (κ2) is 12.7. The summed E-state index contributed by atoms with van der Waals surface area (Å²) >= 11 is 0. The van der Waals surface area contributed by atoms with E-state index in [1.807, 2.05) is 50.2 Å². The van der Waals surface area contributed by atoms with Gasteiger partial charge in [-0.3, -0.25) is 0 Å². The summed E-state index contributed by atoms with van der Waals surface area (Å²) in [4.78, 5) is 23.5. The smallest absolute Gasteiger partial charge is 0.339 e. The fourth-order valence-electron chi connectivity index (χ4n) is 7.10. The van der Waals surface area contributed by atoms with Crippen molar-refractivity contribution in [2.75, 3.05) is 6.54 Å². The molecular weight excluding hydrogens is 598 g/mol. The molecule has 246 valence electrons. The standard InChI is InChI=1S/C40H43N5O3/c1-6-11-36-42-37-26(2)22-29(38-41-33-14-9-10-15-34(33)43(38)5)23-35(37)44(36)25-27-16-18-28(19-17-27)31-12-7-8-13-32(31)39(46)48-30-20-21-45(47)40(3,4)24-30/h7-10,12-19,22-23,30,47H,6,11,20-21,24-25H2,1-5H3. The number of para-hydroxylation sites is 2. The molecule has 8 heteroatoms. The molecule has 1 unspecified atom stereocenters. The predicted octanol–water partition coefficient (Wildman–Crippen LogP) is 8.36. The Morgan fingerprint density at radius 3 is 2.46 bits per heavy atom. The number of carbonyl (C=O) groups excluding carboxylic acids is 1. The summed E-state index contributed by atoms with van der Waals surface area (Å²) in [5.41, 5.74) is 9.49. The SMILES string of the molecule is CCCc1nc2c(C)cc(-c3nc4ccccc4n3C)cc2n1Cc1ccc(-c2ccccc2C(=O)OC2CCN(O)C(C)(C)C2)cc1. The third kappa shape index (κ3) is 5.91. The van der Waals surface area contributed by atoms with Gasteiger partial charge < -0.3 is 19.1 Å². The Hall–Kier alpha value is -4.79. The van der Waals surface area contributed by atoms with Gasteiger partial charge in [0.05, 0.1) is 27.6 Å². The third-order valence-corrected chi connectivity index (χ3v) is 9.76. The van der Waals surface area contributed by atoms with E-state index in [-0.39, 0.29) is 12.1 Å². The first-order valence-corrected chi connectivity index (χ1v) is 16.9. The molecule has 1 aliphatic heterocycles. The lowest BCUT2D eigenvalue weighted by Crippen LogP contribution is -2.50. The van der Waals surface area contributed by atoms with E-state index in [0.29, 0.717) is 31.5 Å². The number of hydrogen-bond acceptors (Lipinski definition) is 6. The van der Waals surface area contributed by atoms with Crippen molar-refractivity contribution in [1.82, 2.24) is 24.2 Å². The minimum Gasteiger partial charge on any atom is -0.459 e. The van der Waals surface area contributed by atoms with Crippen molar-refractivity contribution in [2.45, 2.75) is 71.6 Å².